The van der Waals surface area contributed by atoms with E-state index in [0.29, 0.717) is 54.0 Å². The van der Waals surface area contributed by atoms with E-state index in [1.807, 2.05) is 23.1 Å². The topological polar surface area (TPSA) is 101 Å². The van der Waals surface area contributed by atoms with Crippen molar-refractivity contribution in [3.8, 4) is 5.75 Å². The Morgan fingerprint density at radius 1 is 0.840 bits per heavy atom. The number of phenolic OH excluding ortho intramolecular Hbond substituents is 1. The average molecular weight is 741 g/mol. The van der Waals surface area contributed by atoms with Crippen molar-refractivity contribution in [3.63, 3.8) is 0 Å². The van der Waals surface area contributed by atoms with Gasteiger partial charge in [0.25, 0.3) is 5.91 Å². The SMILES string of the molecule is O=C(O)C(F)(F)F.O=C(c1ccc(O)cc1)N1CCC(C(=O)N(CCCN2CCC(Cc3ccc(F)cc3)CC2)c2ccc(Cl)c(Cl)c2)CC1. The summed E-state index contributed by atoms with van der Waals surface area (Å²) < 4.78 is 45.0. The standard InChI is InChI=1S/C34H38Cl2FN3O3.C2HF3O2/c35-31-11-8-29(23-32(31)36)40(17-1-16-38-18-12-25(13-19-38)22-24-2-6-28(37)7-3-24)34(43)27-14-20-39(21-15-27)33(42)26-4-9-30(41)10-5-26;3-2(4,5)1(6)7/h2-11,23,25,27,41H,1,12-22H2;(H,6,7). The summed E-state index contributed by atoms with van der Waals surface area (Å²) in [5, 5.41) is 17.5. The summed E-state index contributed by atoms with van der Waals surface area (Å²) in [6.45, 7) is 4.49. The third-order valence-electron chi connectivity index (χ3n) is 8.97. The molecule has 3 aromatic carbocycles. The minimum Gasteiger partial charge on any atom is -0.508 e. The van der Waals surface area contributed by atoms with Crippen molar-refractivity contribution in [2.45, 2.75) is 44.7 Å². The molecule has 0 saturated carbocycles. The zero-order valence-corrected chi connectivity index (χ0v) is 28.7. The molecule has 0 unspecified atom stereocenters. The number of anilines is 1. The molecule has 8 nitrogen and oxygen atoms in total. The van der Waals surface area contributed by atoms with Crippen molar-refractivity contribution in [3.05, 3.63) is 93.7 Å². The van der Waals surface area contributed by atoms with Crippen LogP contribution in [0.1, 0.15) is 48.0 Å². The Hall–Kier alpha value is -3.87. The van der Waals surface area contributed by atoms with E-state index in [4.69, 9.17) is 33.1 Å². The zero-order chi connectivity index (χ0) is 36.4. The Morgan fingerprint density at radius 2 is 1.44 bits per heavy atom. The van der Waals surface area contributed by atoms with E-state index in [2.05, 4.69) is 4.90 Å². The van der Waals surface area contributed by atoms with E-state index in [0.717, 1.165) is 51.0 Å². The van der Waals surface area contributed by atoms with Gasteiger partial charge in [0.2, 0.25) is 5.91 Å². The molecule has 0 spiro atoms. The lowest BCUT2D eigenvalue weighted by molar-refractivity contribution is -0.192. The predicted molar refractivity (Wildman–Crippen MR) is 183 cm³/mol. The molecule has 2 fully saturated rings. The van der Waals surface area contributed by atoms with Crippen LogP contribution in [-0.2, 0) is 16.0 Å². The molecule has 0 radical (unpaired) electrons. The molecule has 2 aliphatic heterocycles. The van der Waals surface area contributed by atoms with Crippen LogP contribution >= 0.6 is 23.2 Å². The van der Waals surface area contributed by atoms with E-state index >= 15 is 0 Å². The third kappa shape index (κ3) is 11.3. The van der Waals surface area contributed by atoms with Crippen LogP contribution in [0, 0.1) is 17.7 Å². The van der Waals surface area contributed by atoms with Gasteiger partial charge in [-0.15, -0.1) is 0 Å². The third-order valence-corrected chi connectivity index (χ3v) is 9.71. The number of carbonyl (C=O) groups excluding carboxylic acids is 2. The fourth-order valence-electron chi connectivity index (χ4n) is 6.18. The molecule has 2 heterocycles. The second kappa shape index (κ2) is 17.9. The number of amides is 2. The van der Waals surface area contributed by atoms with Crippen molar-refractivity contribution in [1.29, 1.82) is 0 Å². The van der Waals surface area contributed by atoms with Gasteiger partial charge in [0, 0.05) is 36.8 Å². The van der Waals surface area contributed by atoms with E-state index < -0.39 is 12.1 Å². The first kappa shape index (κ1) is 38.9. The van der Waals surface area contributed by atoms with Crippen molar-refractivity contribution in [2.24, 2.45) is 11.8 Å². The van der Waals surface area contributed by atoms with E-state index in [9.17, 15) is 32.3 Å². The summed E-state index contributed by atoms with van der Waals surface area (Å²) >= 11 is 12.5. The van der Waals surface area contributed by atoms with Gasteiger partial charge in [0.05, 0.1) is 10.0 Å². The van der Waals surface area contributed by atoms with Crippen LogP contribution in [0.4, 0.5) is 23.2 Å². The number of halogens is 6. The lowest BCUT2D eigenvalue weighted by Gasteiger charge is -2.35. The van der Waals surface area contributed by atoms with Gasteiger partial charge in [0.1, 0.15) is 11.6 Å². The van der Waals surface area contributed by atoms with E-state index in [1.54, 1.807) is 29.2 Å². The number of benzene rings is 3. The van der Waals surface area contributed by atoms with E-state index in [1.165, 1.54) is 29.8 Å². The summed E-state index contributed by atoms with van der Waals surface area (Å²) in [4.78, 5) is 41.8. The molecule has 3 aromatic rings. The smallest absolute Gasteiger partial charge is 0.490 e. The number of carbonyl (C=O) groups is 3. The minimum absolute atomic E-state index is 0.0492. The first-order valence-corrected chi connectivity index (χ1v) is 17.1. The number of piperidine rings is 2. The van der Waals surface area contributed by atoms with Gasteiger partial charge in [0.15, 0.2) is 0 Å². The van der Waals surface area contributed by atoms with Crippen molar-refractivity contribution >= 4 is 46.7 Å². The molecule has 2 amide bonds. The van der Waals surface area contributed by atoms with Crippen LogP contribution < -0.4 is 4.90 Å². The first-order chi connectivity index (χ1) is 23.7. The van der Waals surface area contributed by atoms with Crippen LogP contribution in [0.3, 0.4) is 0 Å². The Labute approximate surface area is 298 Å². The number of phenols is 1. The largest absolute Gasteiger partial charge is 0.508 e. The Balaban J connectivity index is 0.000000727. The average Bonchev–Trinajstić information content (AvgIpc) is 3.09. The lowest BCUT2D eigenvalue weighted by Crippen LogP contribution is -2.45. The van der Waals surface area contributed by atoms with Crippen LogP contribution in [-0.4, -0.2) is 83.2 Å². The van der Waals surface area contributed by atoms with Crippen LogP contribution in [0.25, 0.3) is 0 Å². The number of aliphatic carboxylic acids is 1. The summed E-state index contributed by atoms with van der Waals surface area (Å²) in [5.41, 5.74) is 2.45. The molecular weight excluding hydrogens is 701 g/mol. The number of likely N-dealkylation sites (tertiary alicyclic amines) is 2. The van der Waals surface area contributed by atoms with Gasteiger partial charge in [-0.25, -0.2) is 9.18 Å². The predicted octanol–water partition coefficient (Wildman–Crippen LogP) is 7.70. The second-order valence-corrected chi connectivity index (χ2v) is 13.3. The highest BCUT2D eigenvalue weighted by molar-refractivity contribution is 6.42. The molecule has 0 atom stereocenters. The van der Waals surface area contributed by atoms with Crippen molar-refractivity contribution in [1.82, 2.24) is 9.80 Å². The highest BCUT2D eigenvalue weighted by Crippen LogP contribution is 2.31. The van der Waals surface area contributed by atoms with E-state index in [-0.39, 0.29) is 29.3 Å². The molecule has 2 N–H and O–H groups in total. The first-order valence-electron chi connectivity index (χ1n) is 16.3. The van der Waals surface area contributed by atoms with Gasteiger partial charge < -0.3 is 24.9 Å². The number of aromatic hydroxyl groups is 1. The highest BCUT2D eigenvalue weighted by Gasteiger charge is 2.38. The fraction of sp³-hybridized carbons (Fsp3) is 0.417. The zero-order valence-electron chi connectivity index (χ0n) is 27.2. The van der Waals surface area contributed by atoms with Gasteiger partial charge in [-0.05, 0) is 124 Å². The number of alkyl halides is 3. The number of rotatable bonds is 9. The molecule has 2 aliphatic rings. The minimum atomic E-state index is -5.08. The monoisotopic (exact) mass is 739 g/mol. The van der Waals surface area contributed by atoms with Crippen LogP contribution in [0.15, 0.2) is 66.7 Å². The number of carboxylic acids is 1. The molecule has 0 aliphatic carbocycles. The molecule has 2 saturated heterocycles. The van der Waals surface area contributed by atoms with Gasteiger partial charge >= 0.3 is 12.1 Å². The van der Waals surface area contributed by atoms with Gasteiger partial charge in [-0.3, -0.25) is 9.59 Å². The maximum absolute atomic E-state index is 13.9. The molecule has 0 aromatic heterocycles. The Bertz CT molecular complexity index is 1590. The van der Waals surface area contributed by atoms with Crippen molar-refractivity contribution < 1.29 is 42.2 Å². The lowest BCUT2D eigenvalue weighted by atomic mass is 9.90. The van der Waals surface area contributed by atoms with Crippen LogP contribution in [0.2, 0.25) is 10.0 Å². The normalized spacial score (nSPS) is 16.0. The maximum Gasteiger partial charge on any atom is 0.490 e. The summed E-state index contributed by atoms with van der Waals surface area (Å²) in [5.74, 6) is -2.47. The quantitative estimate of drug-likeness (QED) is 0.218. The van der Waals surface area contributed by atoms with Gasteiger partial charge in [-0.1, -0.05) is 35.3 Å². The molecule has 0 bridgehead atoms. The summed E-state index contributed by atoms with van der Waals surface area (Å²) in [6, 6.07) is 18.4. The molecule has 5 rings (SSSR count). The highest BCUT2D eigenvalue weighted by atomic mass is 35.5. The van der Waals surface area contributed by atoms with Gasteiger partial charge in [-0.2, -0.15) is 13.2 Å². The summed E-state index contributed by atoms with van der Waals surface area (Å²) in [6.07, 6.45) is 0.104. The molecule has 270 valence electrons. The van der Waals surface area contributed by atoms with Crippen molar-refractivity contribution in [2.75, 3.05) is 44.2 Å². The molecule has 50 heavy (non-hydrogen) atoms. The maximum atomic E-state index is 13.9. The number of hydrogen-bond acceptors (Lipinski definition) is 5. The van der Waals surface area contributed by atoms with Crippen LogP contribution in [0.5, 0.6) is 5.75 Å². The Morgan fingerprint density at radius 3 is 2.00 bits per heavy atom. The second-order valence-electron chi connectivity index (χ2n) is 12.5. The number of hydrogen-bond donors (Lipinski definition) is 2. The fourth-order valence-corrected chi connectivity index (χ4v) is 6.47. The Kier molecular flexibility index (Phi) is 13.9. The molecular formula is C36H39Cl2F4N3O5. The number of nitrogens with zero attached hydrogens (tertiary/aromatic N) is 3. The number of carboxylic acid groups (broad SMARTS) is 1. The molecule has 14 heteroatoms. The summed E-state index contributed by atoms with van der Waals surface area (Å²) in [7, 11) is 0.